The van der Waals surface area contributed by atoms with Gasteiger partial charge < -0.3 is 9.84 Å². The molecule has 0 unspecified atom stereocenters. The second kappa shape index (κ2) is 5.46. The first-order valence-electron chi connectivity index (χ1n) is 5.13. The summed E-state index contributed by atoms with van der Waals surface area (Å²) in [5.74, 6) is -2.01. The van der Waals surface area contributed by atoms with Crippen molar-refractivity contribution in [2.45, 2.75) is 6.61 Å². The van der Waals surface area contributed by atoms with Crippen molar-refractivity contribution < 1.29 is 18.6 Å². The van der Waals surface area contributed by atoms with Crippen molar-refractivity contribution >= 4 is 15.9 Å². The molecule has 0 bridgehead atoms. The molecule has 0 aliphatic rings. The van der Waals surface area contributed by atoms with Gasteiger partial charge in [-0.2, -0.15) is 4.39 Å². The van der Waals surface area contributed by atoms with Crippen molar-refractivity contribution in [1.82, 2.24) is 0 Å². The molecule has 18 heavy (non-hydrogen) atoms. The van der Waals surface area contributed by atoms with Gasteiger partial charge in [0.25, 0.3) is 0 Å². The number of rotatable bonds is 3. The third kappa shape index (κ3) is 2.68. The fourth-order valence-electron chi connectivity index (χ4n) is 1.46. The molecule has 94 valence electrons. The van der Waals surface area contributed by atoms with Gasteiger partial charge in [0.2, 0.25) is 5.82 Å². The van der Waals surface area contributed by atoms with E-state index in [2.05, 4.69) is 15.9 Å². The van der Waals surface area contributed by atoms with Crippen LogP contribution in [0.2, 0.25) is 0 Å². The lowest BCUT2D eigenvalue weighted by molar-refractivity contribution is 0.275. The zero-order valence-corrected chi connectivity index (χ0v) is 10.7. The Hall–Kier alpha value is -1.46. The monoisotopic (exact) mass is 314 g/mol. The number of aliphatic hydroxyl groups excluding tert-OH is 1. The summed E-state index contributed by atoms with van der Waals surface area (Å²) < 4.78 is 32.4. The lowest BCUT2D eigenvalue weighted by atomic mass is 10.2. The van der Waals surface area contributed by atoms with E-state index in [9.17, 15) is 8.78 Å². The molecule has 2 aromatic carbocycles. The van der Waals surface area contributed by atoms with Gasteiger partial charge in [-0.25, -0.2) is 4.39 Å². The molecule has 5 heteroatoms. The molecule has 0 radical (unpaired) electrons. The summed E-state index contributed by atoms with van der Waals surface area (Å²) in [5.41, 5.74) is 0.497. The number of para-hydroxylation sites is 1. The van der Waals surface area contributed by atoms with Crippen molar-refractivity contribution in [2.75, 3.05) is 0 Å². The van der Waals surface area contributed by atoms with E-state index in [1.54, 1.807) is 24.3 Å². The third-order valence-electron chi connectivity index (χ3n) is 2.32. The molecule has 0 aliphatic carbocycles. The van der Waals surface area contributed by atoms with Gasteiger partial charge >= 0.3 is 0 Å². The molecular weight excluding hydrogens is 306 g/mol. The van der Waals surface area contributed by atoms with Crippen LogP contribution in [0.5, 0.6) is 11.5 Å². The smallest absolute Gasteiger partial charge is 0.201 e. The summed E-state index contributed by atoms with van der Waals surface area (Å²) in [6, 6.07) is 8.95. The normalized spacial score (nSPS) is 10.4. The Labute approximate surface area is 111 Å². The Morgan fingerprint density at radius 2 is 1.83 bits per heavy atom. The van der Waals surface area contributed by atoms with Gasteiger partial charge in [0, 0.05) is 10.0 Å². The third-order valence-corrected chi connectivity index (χ3v) is 2.78. The van der Waals surface area contributed by atoms with Crippen LogP contribution in [-0.4, -0.2) is 5.11 Å². The molecule has 2 nitrogen and oxygen atoms in total. The lowest BCUT2D eigenvalue weighted by Gasteiger charge is -2.10. The van der Waals surface area contributed by atoms with Gasteiger partial charge in [0.05, 0.1) is 6.61 Å². The van der Waals surface area contributed by atoms with E-state index >= 15 is 0 Å². The molecule has 0 atom stereocenters. The topological polar surface area (TPSA) is 29.5 Å². The van der Waals surface area contributed by atoms with E-state index in [-0.39, 0.29) is 18.1 Å². The average Bonchev–Trinajstić information content (AvgIpc) is 2.36. The van der Waals surface area contributed by atoms with E-state index < -0.39 is 11.6 Å². The zero-order valence-electron chi connectivity index (χ0n) is 9.16. The summed E-state index contributed by atoms with van der Waals surface area (Å²) in [4.78, 5) is 0. The second-order valence-electron chi connectivity index (χ2n) is 3.57. The summed E-state index contributed by atoms with van der Waals surface area (Å²) >= 11 is 3.06. The Morgan fingerprint density at radius 1 is 1.11 bits per heavy atom. The summed E-state index contributed by atoms with van der Waals surface area (Å²) in [6.07, 6.45) is 0. The predicted molar refractivity (Wildman–Crippen MR) is 66.5 cm³/mol. The number of aliphatic hydroxyl groups is 1. The van der Waals surface area contributed by atoms with Gasteiger partial charge in [0.1, 0.15) is 5.75 Å². The highest BCUT2D eigenvalue weighted by molar-refractivity contribution is 9.10. The molecule has 0 spiro atoms. The average molecular weight is 315 g/mol. The van der Waals surface area contributed by atoms with Crippen LogP contribution in [0, 0.1) is 11.6 Å². The minimum absolute atomic E-state index is 0.234. The van der Waals surface area contributed by atoms with E-state index in [1.165, 1.54) is 6.07 Å². The van der Waals surface area contributed by atoms with Crippen LogP contribution in [0.15, 0.2) is 40.9 Å². The van der Waals surface area contributed by atoms with E-state index in [0.29, 0.717) is 10.0 Å². The fourth-order valence-corrected chi connectivity index (χ4v) is 1.87. The maximum absolute atomic E-state index is 13.5. The number of hydrogen-bond acceptors (Lipinski definition) is 2. The summed E-state index contributed by atoms with van der Waals surface area (Å²) in [6.45, 7) is -0.242. The lowest BCUT2D eigenvalue weighted by Crippen LogP contribution is -1.95. The number of halogens is 3. The van der Waals surface area contributed by atoms with E-state index in [0.717, 1.165) is 6.07 Å². The molecule has 0 aromatic heterocycles. The van der Waals surface area contributed by atoms with Crippen LogP contribution in [0.3, 0.4) is 0 Å². The Balaban J connectivity index is 2.40. The molecule has 2 aromatic rings. The van der Waals surface area contributed by atoms with Gasteiger partial charge in [0.15, 0.2) is 11.6 Å². The largest absolute Gasteiger partial charge is 0.454 e. The highest BCUT2D eigenvalue weighted by Gasteiger charge is 2.13. The van der Waals surface area contributed by atoms with Crippen molar-refractivity contribution in [2.24, 2.45) is 0 Å². The van der Waals surface area contributed by atoms with E-state index in [4.69, 9.17) is 9.84 Å². The predicted octanol–water partition coefficient (Wildman–Crippen LogP) is 4.01. The Bertz CT molecular complexity index is 573. The van der Waals surface area contributed by atoms with Crippen molar-refractivity contribution in [1.29, 1.82) is 0 Å². The highest BCUT2D eigenvalue weighted by Crippen LogP contribution is 2.31. The summed E-state index contributed by atoms with van der Waals surface area (Å²) in [7, 11) is 0. The van der Waals surface area contributed by atoms with Crippen molar-refractivity contribution in [3.63, 3.8) is 0 Å². The molecule has 0 fully saturated rings. The van der Waals surface area contributed by atoms with Crippen LogP contribution >= 0.6 is 15.9 Å². The van der Waals surface area contributed by atoms with Crippen LogP contribution < -0.4 is 4.74 Å². The van der Waals surface area contributed by atoms with Crippen LogP contribution in [0.25, 0.3) is 0 Å². The highest BCUT2D eigenvalue weighted by atomic mass is 79.9. The molecule has 0 saturated carbocycles. The fraction of sp³-hybridized carbons (Fsp3) is 0.0769. The van der Waals surface area contributed by atoms with Gasteiger partial charge in [-0.1, -0.05) is 34.1 Å². The number of ether oxygens (including phenoxy) is 1. The molecule has 2 rings (SSSR count). The first-order valence-corrected chi connectivity index (χ1v) is 5.92. The van der Waals surface area contributed by atoms with Crippen LogP contribution in [-0.2, 0) is 6.61 Å². The minimum atomic E-state index is -1.06. The molecule has 0 saturated heterocycles. The maximum Gasteiger partial charge on any atom is 0.201 e. The van der Waals surface area contributed by atoms with Crippen LogP contribution in [0.1, 0.15) is 5.56 Å². The maximum atomic E-state index is 13.5. The molecule has 0 aliphatic heterocycles. The Kier molecular flexibility index (Phi) is 3.93. The van der Waals surface area contributed by atoms with Crippen molar-refractivity contribution in [3.05, 3.63) is 58.1 Å². The first-order chi connectivity index (χ1) is 8.61. The quantitative estimate of drug-likeness (QED) is 0.867. The minimum Gasteiger partial charge on any atom is -0.454 e. The van der Waals surface area contributed by atoms with Gasteiger partial charge in [-0.3, -0.25) is 0 Å². The van der Waals surface area contributed by atoms with Crippen molar-refractivity contribution in [3.8, 4) is 11.5 Å². The zero-order chi connectivity index (χ0) is 13.1. The number of benzene rings is 2. The molecule has 0 amide bonds. The SMILES string of the molecule is OCc1ccccc1Oc1cc(Br)cc(F)c1F. The Morgan fingerprint density at radius 3 is 2.56 bits per heavy atom. The van der Waals surface area contributed by atoms with Crippen LogP contribution in [0.4, 0.5) is 8.78 Å². The standard InChI is InChI=1S/C13H9BrF2O2/c14-9-5-10(15)13(16)12(6-9)18-11-4-2-1-3-8(11)7-17/h1-6,17H,7H2. The van der Waals surface area contributed by atoms with E-state index in [1.807, 2.05) is 0 Å². The second-order valence-corrected chi connectivity index (χ2v) is 4.48. The summed E-state index contributed by atoms with van der Waals surface area (Å²) in [5, 5.41) is 9.12. The first kappa shape index (κ1) is 13.0. The van der Waals surface area contributed by atoms with Gasteiger partial charge in [-0.15, -0.1) is 0 Å². The molecule has 0 heterocycles. The van der Waals surface area contributed by atoms with Gasteiger partial charge in [-0.05, 0) is 18.2 Å². The molecular formula is C13H9BrF2O2. The molecule has 1 N–H and O–H groups in total. The number of hydrogen-bond donors (Lipinski definition) is 1.